The Morgan fingerprint density at radius 3 is 2.89 bits per heavy atom. The van der Waals surface area contributed by atoms with Crippen LogP contribution >= 0.6 is 0 Å². The Bertz CT molecular complexity index is 388. The molecule has 0 aromatic carbocycles. The fourth-order valence-corrected chi connectivity index (χ4v) is 2.14. The standard InChI is InChI=1S/C14H23N3O/c1-11(2)18-12-4-3-9-16-13(12)17-10-14(5-6-14)7-8-15/h3-4,9,11H,5-8,10,15H2,1-2H3,(H,16,17). The maximum atomic E-state index is 5.74. The number of anilines is 1. The van der Waals surface area contributed by atoms with E-state index in [2.05, 4.69) is 10.3 Å². The average Bonchev–Trinajstić information content (AvgIpc) is 3.08. The molecule has 1 aliphatic rings. The zero-order valence-electron chi connectivity index (χ0n) is 11.3. The fraction of sp³-hybridized carbons (Fsp3) is 0.643. The molecule has 2 rings (SSSR count). The van der Waals surface area contributed by atoms with Crippen molar-refractivity contribution in [3.05, 3.63) is 18.3 Å². The summed E-state index contributed by atoms with van der Waals surface area (Å²) in [5, 5.41) is 3.41. The summed E-state index contributed by atoms with van der Waals surface area (Å²) < 4.78 is 5.74. The summed E-state index contributed by atoms with van der Waals surface area (Å²) in [7, 11) is 0. The van der Waals surface area contributed by atoms with Crippen LogP contribution in [0.15, 0.2) is 18.3 Å². The molecule has 1 aromatic rings. The topological polar surface area (TPSA) is 60.2 Å². The summed E-state index contributed by atoms with van der Waals surface area (Å²) in [6, 6.07) is 3.85. The van der Waals surface area contributed by atoms with Gasteiger partial charge in [0.05, 0.1) is 6.10 Å². The maximum absolute atomic E-state index is 5.74. The van der Waals surface area contributed by atoms with Gasteiger partial charge in [0, 0.05) is 12.7 Å². The molecule has 0 unspecified atom stereocenters. The molecule has 3 N–H and O–H groups in total. The van der Waals surface area contributed by atoms with Gasteiger partial charge >= 0.3 is 0 Å². The van der Waals surface area contributed by atoms with Gasteiger partial charge in [0.2, 0.25) is 0 Å². The van der Waals surface area contributed by atoms with Gasteiger partial charge in [-0.2, -0.15) is 0 Å². The molecule has 100 valence electrons. The second kappa shape index (κ2) is 5.57. The molecule has 0 amide bonds. The molecule has 0 saturated heterocycles. The van der Waals surface area contributed by atoms with E-state index in [4.69, 9.17) is 10.5 Å². The van der Waals surface area contributed by atoms with E-state index in [-0.39, 0.29) is 6.10 Å². The van der Waals surface area contributed by atoms with Gasteiger partial charge in [0.15, 0.2) is 11.6 Å². The average molecular weight is 249 g/mol. The lowest BCUT2D eigenvalue weighted by molar-refractivity contribution is 0.242. The lowest BCUT2D eigenvalue weighted by atomic mass is 10.0. The van der Waals surface area contributed by atoms with Crippen molar-refractivity contribution in [2.24, 2.45) is 11.1 Å². The van der Waals surface area contributed by atoms with E-state index in [1.54, 1.807) is 6.20 Å². The van der Waals surface area contributed by atoms with Crippen LogP contribution in [0.2, 0.25) is 0 Å². The fourth-order valence-electron chi connectivity index (χ4n) is 2.14. The number of pyridine rings is 1. The van der Waals surface area contributed by atoms with Crippen LogP contribution in [0.4, 0.5) is 5.82 Å². The van der Waals surface area contributed by atoms with E-state index in [1.807, 2.05) is 26.0 Å². The monoisotopic (exact) mass is 249 g/mol. The predicted molar refractivity (Wildman–Crippen MR) is 73.8 cm³/mol. The Morgan fingerprint density at radius 2 is 2.28 bits per heavy atom. The second-order valence-corrected chi connectivity index (χ2v) is 5.41. The summed E-state index contributed by atoms with van der Waals surface area (Å²) >= 11 is 0. The number of hydrogen-bond acceptors (Lipinski definition) is 4. The molecule has 0 bridgehead atoms. The number of ether oxygens (including phenoxy) is 1. The molecule has 0 atom stereocenters. The van der Waals surface area contributed by atoms with Crippen molar-refractivity contribution in [3.8, 4) is 5.75 Å². The smallest absolute Gasteiger partial charge is 0.168 e. The quantitative estimate of drug-likeness (QED) is 0.779. The van der Waals surface area contributed by atoms with Crippen molar-refractivity contribution in [1.82, 2.24) is 4.98 Å². The maximum Gasteiger partial charge on any atom is 0.168 e. The van der Waals surface area contributed by atoms with Crippen LogP contribution in [0.3, 0.4) is 0 Å². The molecule has 1 aliphatic carbocycles. The van der Waals surface area contributed by atoms with Gasteiger partial charge in [0.25, 0.3) is 0 Å². The lowest BCUT2D eigenvalue weighted by Crippen LogP contribution is -2.20. The van der Waals surface area contributed by atoms with Gasteiger partial charge in [-0.05, 0) is 57.2 Å². The van der Waals surface area contributed by atoms with Crippen LogP contribution < -0.4 is 15.8 Å². The van der Waals surface area contributed by atoms with Crippen molar-refractivity contribution >= 4 is 5.82 Å². The first-order chi connectivity index (χ1) is 8.65. The molecule has 4 nitrogen and oxygen atoms in total. The highest BCUT2D eigenvalue weighted by atomic mass is 16.5. The molecule has 0 spiro atoms. The van der Waals surface area contributed by atoms with Gasteiger partial charge in [-0.3, -0.25) is 0 Å². The zero-order chi connectivity index (χ0) is 13.0. The minimum absolute atomic E-state index is 0.161. The first-order valence-electron chi connectivity index (χ1n) is 6.71. The number of nitrogens with one attached hydrogen (secondary N) is 1. The molecule has 1 saturated carbocycles. The predicted octanol–water partition coefficient (Wildman–Crippen LogP) is 2.41. The SMILES string of the molecule is CC(C)Oc1cccnc1NCC1(CCN)CC1. The summed E-state index contributed by atoms with van der Waals surface area (Å²) in [4.78, 5) is 4.36. The number of aromatic nitrogens is 1. The van der Waals surface area contributed by atoms with E-state index in [1.165, 1.54) is 12.8 Å². The van der Waals surface area contributed by atoms with Crippen LogP contribution in [0.1, 0.15) is 33.1 Å². The molecule has 4 heteroatoms. The van der Waals surface area contributed by atoms with Gasteiger partial charge in [0.1, 0.15) is 0 Å². The number of nitrogens with two attached hydrogens (primary N) is 1. The van der Waals surface area contributed by atoms with Crippen LogP contribution in [0.25, 0.3) is 0 Å². The van der Waals surface area contributed by atoms with Crippen LogP contribution in [0, 0.1) is 5.41 Å². The van der Waals surface area contributed by atoms with Gasteiger partial charge < -0.3 is 15.8 Å². The highest BCUT2D eigenvalue weighted by molar-refractivity contribution is 5.49. The highest BCUT2D eigenvalue weighted by Crippen LogP contribution is 2.48. The third-order valence-electron chi connectivity index (χ3n) is 3.40. The number of nitrogens with zero attached hydrogens (tertiary/aromatic N) is 1. The zero-order valence-corrected chi connectivity index (χ0v) is 11.3. The van der Waals surface area contributed by atoms with E-state index >= 15 is 0 Å². The Hall–Kier alpha value is -1.29. The summed E-state index contributed by atoms with van der Waals surface area (Å²) in [5.41, 5.74) is 6.06. The molecule has 0 aliphatic heterocycles. The van der Waals surface area contributed by atoms with Crippen molar-refractivity contribution < 1.29 is 4.74 Å². The molecule has 1 heterocycles. The Kier molecular flexibility index (Phi) is 4.07. The van der Waals surface area contributed by atoms with Crippen molar-refractivity contribution in [3.63, 3.8) is 0 Å². The minimum atomic E-state index is 0.161. The molecule has 1 fully saturated rings. The van der Waals surface area contributed by atoms with E-state index in [0.29, 0.717) is 5.41 Å². The van der Waals surface area contributed by atoms with Gasteiger partial charge in [-0.15, -0.1) is 0 Å². The Labute approximate surface area is 109 Å². The lowest BCUT2D eigenvalue weighted by Gasteiger charge is -2.18. The normalized spacial score (nSPS) is 16.7. The van der Waals surface area contributed by atoms with Crippen molar-refractivity contribution in [1.29, 1.82) is 0 Å². The Balaban J connectivity index is 1.96. The van der Waals surface area contributed by atoms with Crippen LogP contribution in [-0.4, -0.2) is 24.2 Å². The van der Waals surface area contributed by atoms with Crippen molar-refractivity contribution in [2.75, 3.05) is 18.4 Å². The third-order valence-corrected chi connectivity index (χ3v) is 3.40. The molecule has 0 radical (unpaired) electrons. The Morgan fingerprint density at radius 1 is 1.50 bits per heavy atom. The summed E-state index contributed by atoms with van der Waals surface area (Å²) in [6.07, 6.45) is 5.58. The van der Waals surface area contributed by atoms with E-state index < -0.39 is 0 Å². The first kappa shape index (κ1) is 13.1. The molecule has 18 heavy (non-hydrogen) atoms. The second-order valence-electron chi connectivity index (χ2n) is 5.41. The van der Waals surface area contributed by atoms with E-state index in [0.717, 1.165) is 31.1 Å². The number of rotatable bonds is 7. The van der Waals surface area contributed by atoms with Gasteiger partial charge in [-0.25, -0.2) is 4.98 Å². The number of hydrogen-bond donors (Lipinski definition) is 2. The van der Waals surface area contributed by atoms with Crippen LogP contribution in [0.5, 0.6) is 5.75 Å². The highest BCUT2D eigenvalue weighted by Gasteiger charge is 2.41. The van der Waals surface area contributed by atoms with Crippen LogP contribution in [-0.2, 0) is 0 Å². The van der Waals surface area contributed by atoms with E-state index in [9.17, 15) is 0 Å². The third kappa shape index (κ3) is 3.35. The van der Waals surface area contributed by atoms with Gasteiger partial charge in [-0.1, -0.05) is 0 Å². The summed E-state index contributed by atoms with van der Waals surface area (Å²) in [5.74, 6) is 1.67. The largest absolute Gasteiger partial charge is 0.487 e. The first-order valence-corrected chi connectivity index (χ1v) is 6.71. The molecular formula is C14H23N3O. The molecular weight excluding hydrogens is 226 g/mol. The molecule has 1 aromatic heterocycles. The minimum Gasteiger partial charge on any atom is -0.487 e. The van der Waals surface area contributed by atoms with Crippen molar-refractivity contribution in [2.45, 2.75) is 39.2 Å². The summed E-state index contributed by atoms with van der Waals surface area (Å²) in [6.45, 7) is 5.75.